The molecule has 28 heavy (non-hydrogen) atoms. The maximum atomic E-state index is 14.5. The molecule has 3 aromatic rings. The lowest BCUT2D eigenvalue weighted by atomic mass is 10.0. The molecular weight excluding hydrogens is 357 g/mol. The molecule has 4 rings (SSSR count). The molecule has 1 aromatic carbocycles. The predicted octanol–water partition coefficient (Wildman–Crippen LogP) is 3.96. The summed E-state index contributed by atoms with van der Waals surface area (Å²) in [4.78, 5) is 4.45. The van der Waals surface area contributed by atoms with E-state index in [1.807, 2.05) is 26.1 Å². The van der Waals surface area contributed by atoms with Crippen LogP contribution in [0.2, 0.25) is 0 Å². The second kappa shape index (κ2) is 7.27. The Labute approximate surface area is 162 Å². The molecule has 0 spiro atoms. The van der Waals surface area contributed by atoms with Gasteiger partial charge in [0.2, 0.25) is 0 Å². The fourth-order valence-electron chi connectivity index (χ4n) is 3.57. The van der Waals surface area contributed by atoms with Crippen molar-refractivity contribution in [3.05, 3.63) is 41.5 Å². The Morgan fingerprint density at radius 3 is 2.89 bits per heavy atom. The normalized spacial score (nSPS) is 20.3. The number of aromatic nitrogens is 3. The zero-order valence-corrected chi connectivity index (χ0v) is 16.3. The molecule has 1 saturated heterocycles. The Bertz CT molecular complexity index is 1060. The molecule has 1 fully saturated rings. The lowest BCUT2D eigenvalue weighted by Gasteiger charge is -2.24. The number of nitrogens with two attached hydrogens (primary N) is 1. The standard InChI is InChI=1S/C20H24FN7/c1-11-6-17(27-28-10-13(3)24-20(11)28)14-8-16(21)19(22)18(9-14)26-25-15-4-5-23-12(2)7-15/h6,8-10,12,15,23H,4-5,7,22H2,1-3H3. The van der Waals surface area contributed by atoms with E-state index in [9.17, 15) is 4.39 Å². The Kier molecular flexibility index (Phi) is 4.80. The maximum Gasteiger partial charge on any atom is 0.156 e. The van der Waals surface area contributed by atoms with Crippen molar-refractivity contribution < 1.29 is 4.39 Å². The Balaban J connectivity index is 1.71. The topological polar surface area (TPSA) is 93.0 Å². The van der Waals surface area contributed by atoms with E-state index in [4.69, 9.17) is 5.73 Å². The number of nitrogen functional groups attached to an aromatic ring is 1. The molecule has 0 saturated carbocycles. The summed E-state index contributed by atoms with van der Waals surface area (Å²) in [6, 6.07) is 5.54. The average molecular weight is 381 g/mol. The van der Waals surface area contributed by atoms with Crippen molar-refractivity contribution in [3.63, 3.8) is 0 Å². The third-order valence-corrected chi connectivity index (χ3v) is 5.06. The third kappa shape index (κ3) is 3.60. The molecule has 7 nitrogen and oxygen atoms in total. The van der Waals surface area contributed by atoms with Crippen LogP contribution in [0.4, 0.5) is 15.8 Å². The van der Waals surface area contributed by atoms with E-state index in [0.29, 0.717) is 23.0 Å². The van der Waals surface area contributed by atoms with Crippen molar-refractivity contribution in [2.75, 3.05) is 12.3 Å². The summed E-state index contributed by atoms with van der Waals surface area (Å²) in [7, 11) is 0. The number of rotatable bonds is 3. The van der Waals surface area contributed by atoms with Crippen molar-refractivity contribution in [1.82, 2.24) is 19.9 Å². The van der Waals surface area contributed by atoms with Gasteiger partial charge in [-0.3, -0.25) is 0 Å². The van der Waals surface area contributed by atoms with Crippen LogP contribution in [0.1, 0.15) is 31.0 Å². The number of imidazole rings is 1. The van der Waals surface area contributed by atoms with Gasteiger partial charge in [-0.05, 0) is 63.9 Å². The van der Waals surface area contributed by atoms with Gasteiger partial charge in [-0.15, -0.1) is 0 Å². The number of hydrogen-bond donors (Lipinski definition) is 2. The SMILES string of the molecule is Cc1cn2nc(-c3cc(F)c(N)c(N=NC4CCNC(C)C4)c3)cc(C)c2n1. The smallest absolute Gasteiger partial charge is 0.156 e. The number of nitrogens with zero attached hydrogens (tertiary/aromatic N) is 5. The largest absolute Gasteiger partial charge is 0.395 e. The minimum Gasteiger partial charge on any atom is -0.395 e. The van der Waals surface area contributed by atoms with Crippen LogP contribution in [0.15, 0.2) is 34.6 Å². The van der Waals surface area contributed by atoms with Crippen LogP contribution in [0.5, 0.6) is 0 Å². The van der Waals surface area contributed by atoms with Crippen molar-refractivity contribution in [3.8, 4) is 11.3 Å². The molecule has 3 heterocycles. The fourth-order valence-corrected chi connectivity index (χ4v) is 3.57. The quantitative estimate of drug-likeness (QED) is 0.530. The fraction of sp³-hybridized carbons (Fsp3) is 0.400. The van der Waals surface area contributed by atoms with E-state index in [1.165, 1.54) is 6.07 Å². The first-order valence-electron chi connectivity index (χ1n) is 9.48. The van der Waals surface area contributed by atoms with Gasteiger partial charge < -0.3 is 11.1 Å². The Morgan fingerprint density at radius 2 is 2.11 bits per heavy atom. The molecule has 2 atom stereocenters. The number of fused-ring (bicyclic) bond motifs is 1. The lowest BCUT2D eigenvalue weighted by Crippen LogP contribution is -2.37. The summed E-state index contributed by atoms with van der Waals surface area (Å²) in [6.07, 6.45) is 3.66. The van der Waals surface area contributed by atoms with Crippen molar-refractivity contribution in [2.24, 2.45) is 10.2 Å². The second-order valence-electron chi connectivity index (χ2n) is 7.50. The Morgan fingerprint density at radius 1 is 1.29 bits per heavy atom. The van der Waals surface area contributed by atoms with Crippen LogP contribution < -0.4 is 11.1 Å². The molecule has 2 unspecified atom stereocenters. The van der Waals surface area contributed by atoms with Gasteiger partial charge in [0.05, 0.1) is 29.3 Å². The number of hydrogen-bond acceptors (Lipinski definition) is 6. The van der Waals surface area contributed by atoms with Gasteiger partial charge in [-0.25, -0.2) is 13.9 Å². The number of aryl methyl sites for hydroxylation is 2. The van der Waals surface area contributed by atoms with Gasteiger partial charge >= 0.3 is 0 Å². The summed E-state index contributed by atoms with van der Waals surface area (Å²) in [5, 5.41) is 16.6. The number of nitrogens with one attached hydrogen (secondary N) is 1. The lowest BCUT2D eigenvalue weighted by molar-refractivity contribution is 0.375. The summed E-state index contributed by atoms with van der Waals surface area (Å²) in [5.74, 6) is -0.522. The number of benzene rings is 1. The van der Waals surface area contributed by atoms with E-state index in [-0.39, 0.29) is 11.7 Å². The predicted molar refractivity (Wildman–Crippen MR) is 107 cm³/mol. The molecule has 0 radical (unpaired) electrons. The molecular formula is C20H24FN7. The van der Waals surface area contributed by atoms with Crippen LogP contribution in [-0.2, 0) is 0 Å². The van der Waals surface area contributed by atoms with Gasteiger partial charge in [-0.1, -0.05) is 0 Å². The third-order valence-electron chi connectivity index (χ3n) is 5.06. The van der Waals surface area contributed by atoms with Crippen molar-refractivity contribution in [2.45, 2.75) is 45.7 Å². The van der Waals surface area contributed by atoms with E-state index in [0.717, 1.165) is 36.3 Å². The molecule has 3 N–H and O–H groups in total. The van der Waals surface area contributed by atoms with Gasteiger partial charge in [-0.2, -0.15) is 15.3 Å². The zero-order valence-electron chi connectivity index (χ0n) is 16.3. The van der Waals surface area contributed by atoms with Gasteiger partial charge in [0.1, 0.15) is 11.5 Å². The van der Waals surface area contributed by atoms with E-state index >= 15 is 0 Å². The summed E-state index contributed by atoms with van der Waals surface area (Å²) in [6.45, 7) is 6.90. The van der Waals surface area contributed by atoms with E-state index < -0.39 is 5.82 Å². The van der Waals surface area contributed by atoms with Crippen LogP contribution in [0, 0.1) is 19.7 Å². The molecule has 0 amide bonds. The number of piperidine rings is 1. The molecule has 1 aliphatic rings. The first-order chi connectivity index (χ1) is 13.4. The highest BCUT2D eigenvalue weighted by molar-refractivity contribution is 5.73. The van der Waals surface area contributed by atoms with Crippen LogP contribution in [0.25, 0.3) is 16.9 Å². The average Bonchev–Trinajstić information content (AvgIpc) is 3.04. The summed E-state index contributed by atoms with van der Waals surface area (Å²) < 4.78 is 16.2. The number of halogens is 1. The second-order valence-corrected chi connectivity index (χ2v) is 7.50. The minimum atomic E-state index is -0.522. The van der Waals surface area contributed by atoms with Crippen LogP contribution in [0.3, 0.4) is 0 Å². The molecule has 146 valence electrons. The maximum absolute atomic E-state index is 14.5. The molecule has 8 heteroatoms. The molecule has 0 aliphatic carbocycles. The minimum absolute atomic E-state index is 0.00533. The number of azo groups is 1. The van der Waals surface area contributed by atoms with Crippen LogP contribution >= 0.6 is 0 Å². The van der Waals surface area contributed by atoms with Gasteiger partial charge in [0, 0.05) is 11.6 Å². The van der Waals surface area contributed by atoms with Crippen molar-refractivity contribution >= 4 is 17.0 Å². The first-order valence-corrected chi connectivity index (χ1v) is 9.48. The highest BCUT2D eigenvalue weighted by Crippen LogP contribution is 2.32. The molecule has 1 aliphatic heterocycles. The summed E-state index contributed by atoms with van der Waals surface area (Å²) in [5.41, 5.74) is 10.1. The summed E-state index contributed by atoms with van der Waals surface area (Å²) >= 11 is 0. The first kappa shape index (κ1) is 18.5. The van der Waals surface area contributed by atoms with Crippen molar-refractivity contribution in [1.29, 1.82) is 0 Å². The highest BCUT2D eigenvalue weighted by Gasteiger charge is 2.18. The van der Waals surface area contributed by atoms with Gasteiger partial charge in [0.25, 0.3) is 0 Å². The molecule has 2 aromatic heterocycles. The number of anilines is 1. The highest BCUT2D eigenvalue weighted by atomic mass is 19.1. The van der Waals surface area contributed by atoms with Gasteiger partial charge in [0.15, 0.2) is 5.65 Å². The zero-order chi connectivity index (χ0) is 19.8. The monoisotopic (exact) mass is 381 g/mol. The van der Waals surface area contributed by atoms with E-state index in [1.54, 1.807) is 10.6 Å². The van der Waals surface area contributed by atoms with E-state index in [2.05, 4.69) is 32.6 Å². The molecule has 0 bridgehead atoms. The van der Waals surface area contributed by atoms with Crippen LogP contribution in [-0.4, -0.2) is 33.2 Å². The Hall–Kier alpha value is -2.87.